The Morgan fingerprint density at radius 2 is 1.81 bits per heavy atom. The number of furan rings is 1. The summed E-state index contributed by atoms with van der Waals surface area (Å²) in [7, 11) is 0. The number of hydrogen-bond acceptors (Lipinski definition) is 4. The summed E-state index contributed by atoms with van der Waals surface area (Å²) in [5, 5.41) is 18.3. The van der Waals surface area contributed by atoms with E-state index in [0.29, 0.717) is 11.8 Å². The Morgan fingerprint density at radius 3 is 2.43 bits per heavy atom. The first-order valence-electron chi connectivity index (χ1n) is 5.96. The molecule has 0 radical (unpaired) electrons. The minimum atomic E-state index is -1.66. The number of aliphatic carboxylic acids is 1. The smallest absolute Gasteiger partial charge is 0.376 e. The summed E-state index contributed by atoms with van der Waals surface area (Å²) in [5.74, 6) is -3.42. The number of carbonyl (C=O) groups is 2. The standard InChI is InChI=1S/C15H11FO5/c16-10-3-1-9(2-4-10)7-14-11(5-6-21-14)12(17)8-13(18)15(19)20/h1-6,8,17H,7H2,(H,19,20). The maximum atomic E-state index is 12.8. The number of benzene rings is 1. The molecule has 2 aromatic rings. The predicted octanol–water partition coefficient (Wildman–Crippen LogP) is 2.56. The van der Waals surface area contributed by atoms with Gasteiger partial charge in [-0.1, -0.05) is 12.1 Å². The van der Waals surface area contributed by atoms with Crippen molar-refractivity contribution < 1.29 is 28.6 Å². The van der Waals surface area contributed by atoms with E-state index in [9.17, 15) is 19.1 Å². The van der Waals surface area contributed by atoms with Crippen LogP contribution in [0.1, 0.15) is 16.9 Å². The quantitative estimate of drug-likeness (QED) is 0.502. The van der Waals surface area contributed by atoms with Crippen molar-refractivity contribution in [2.75, 3.05) is 0 Å². The third kappa shape index (κ3) is 3.56. The van der Waals surface area contributed by atoms with Gasteiger partial charge in [-0.25, -0.2) is 9.18 Å². The van der Waals surface area contributed by atoms with Crippen LogP contribution in [0.5, 0.6) is 0 Å². The minimum absolute atomic E-state index is 0.217. The second-order valence-electron chi connectivity index (χ2n) is 4.26. The molecule has 0 spiro atoms. The summed E-state index contributed by atoms with van der Waals surface area (Å²) in [6.45, 7) is 0. The maximum absolute atomic E-state index is 12.8. The van der Waals surface area contributed by atoms with Gasteiger partial charge in [0.05, 0.1) is 11.8 Å². The number of halogens is 1. The molecule has 0 saturated heterocycles. The van der Waals surface area contributed by atoms with Crippen molar-refractivity contribution in [2.45, 2.75) is 6.42 Å². The van der Waals surface area contributed by atoms with Crippen LogP contribution < -0.4 is 0 Å². The highest BCUT2D eigenvalue weighted by molar-refractivity contribution is 6.38. The van der Waals surface area contributed by atoms with Crippen molar-refractivity contribution in [2.24, 2.45) is 0 Å². The second-order valence-corrected chi connectivity index (χ2v) is 4.26. The van der Waals surface area contributed by atoms with Gasteiger partial charge in [0, 0.05) is 12.5 Å². The van der Waals surface area contributed by atoms with Crippen LogP contribution in [0.25, 0.3) is 5.76 Å². The molecule has 6 heteroatoms. The van der Waals surface area contributed by atoms with Gasteiger partial charge >= 0.3 is 5.97 Å². The molecule has 0 aliphatic heterocycles. The van der Waals surface area contributed by atoms with Crippen molar-refractivity contribution in [1.29, 1.82) is 0 Å². The molecule has 1 aromatic carbocycles. The first-order valence-corrected chi connectivity index (χ1v) is 5.96. The molecule has 0 aliphatic rings. The lowest BCUT2D eigenvalue weighted by atomic mass is 10.1. The minimum Gasteiger partial charge on any atom is -0.507 e. The van der Waals surface area contributed by atoms with Crippen molar-refractivity contribution in [3.05, 3.63) is 65.4 Å². The largest absolute Gasteiger partial charge is 0.507 e. The predicted molar refractivity (Wildman–Crippen MR) is 71.2 cm³/mol. The number of aliphatic hydroxyl groups excluding tert-OH is 1. The summed E-state index contributed by atoms with van der Waals surface area (Å²) in [6, 6.07) is 7.12. The van der Waals surface area contributed by atoms with Crippen LogP contribution in [0.2, 0.25) is 0 Å². The molecule has 0 unspecified atom stereocenters. The third-order valence-electron chi connectivity index (χ3n) is 2.78. The van der Waals surface area contributed by atoms with Crippen LogP contribution in [-0.4, -0.2) is 22.0 Å². The third-order valence-corrected chi connectivity index (χ3v) is 2.78. The molecule has 0 atom stereocenters. The number of aliphatic hydroxyl groups is 1. The van der Waals surface area contributed by atoms with Crippen LogP contribution in [0.15, 0.2) is 47.1 Å². The molecule has 2 N–H and O–H groups in total. The first kappa shape index (κ1) is 14.5. The number of rotatable bonds is 5. The lowest BCUT2D eigenvalue weighted by Crippen LogP contribution is -2.09. The lowest BCUT2D eigenvalue weighted by molar-refractivity contribution is -0.146. The van der Waals surface area contributed by atoms with Gasteiger partial charge in [-0.15, -0.1) is 0 Å². The average Bonchev–Trinajstić information content (AvgIpc) is 2.89. The van der Waals surface area contributed by atoms with Gasteiger partial charge in [-0.05, 0) is 23.8 Å². The Bertz CT molecular complexity index is 697. The molecule has 21 heavy (non-hydrogen) atoms. The molecule has 0 bridgehead atoms. The zero-order valence-corrected chi connectivity index (χ0v) is 10.7. The van der Waals surface area contributed by atoms with Gasteiger partial charge < -0.3 is 14.6 Å². The normalized spacial score (nSPS) is 11.4. The van der Waals surface area contributed by atoms with Gasteiger partial charge in [0.25, 0.3) is 5.78 Å². The van der Waals surface area contributed by atoms with Gasteiger partial charge in [0.1, 0.15) is 17.3 Å². The SMILES string of the molecule is O=C(O)C(=O)C=C(O)c1ccoc1Cc1ccc(F)cc1. The lowest BCUT2D eigenvalue weighted by Gasteiger charge is -2.02. The van der Waals surface area contributed by atoms with Gasteiger partial charge in [-0.2, -0.15) is 0 Å². The van der Waals surface area contributed by atoms with Gasteiger partial charge in [-0.3, -0.25) is 4.79 Å². The summed E-state index contributed by atoms with van der Waals surface area (Å²) in [4.78, 5) is 21.5. The highest BCUT2D eigenvalue weighted by Gasteiger charge is 2.15. The molecule has 5 nitrogen and oxygen atoms in total. The number of carboxylic acids is 1. The van der Waals surface area contributed by atoms with Gasteiger partial charge in [0.15, 0.2) is 0 Å². The van der Waals surface area contributed by atoms with Crippen LogP contribution >= 0.6 is 0 Å². The van der Waals surface area contributed by atoms with E-state index in [1.165, 1.54) is 24.5 Å². The Kier molecular flexibility index (Phi) is 4.18. The van der Waals surface area contributed by atoms with E-state index in [1.807, 2.05) is 0 Å². The Hall–Kier alpha value is -2.89. The number of ketones is 1. The topological polar surface area (TPSA) is 87.7 Å². The van der Waals surface area contributed by atoms with Crippen molar-refractivity contribution >= 4 is 17.5 Å². The number of carboxylic acid groups (broad SMARTS) is 1. The van der Waals surface area contributed by atoms with Crippen LogP contribution in [-0.2, 0) is 16.0 Å². The molecule has 0 aliphatic carbocycles. The van der Waals surface area contributed by atoms with Gasteiger partial charge in [0.2, 0.25) is 0 Å². The van der Waals surface area contributed by atoms with Crippen molar-refractivity contribution in [1.82, 2.24) is 0 Å². The Balaban J connectivity index is 2.24. The highest BCUT2D eigenvalue weighted by atomic mass is 19.1. The molecule has 2 rings (SSSR count). The molecule has 0 fully saturated rings. The fourth-order valence-electron chi connectivity index (χ4n) is 1.76. The molecule has 1 aromatic heterocycles. The summed E-state index contributed by atoms with van der Waals surface area (Å²) in [5.41, 5.74) is 0.957. The maximum Gasteiger partial charge on any atom is 0.376 e. The fourth-order valence-corrected chi connectivity index (χ4v) is 1.76. The monoisotopic (exact) mass is 290 g/mol. The van der Waals surface area contributed by atoms with E-state index in [4.69, 9.17) is 9.52 Å². The van der Waals surface area contributed by atoms with E-state index < -0.39 is 17.5 Å². The zero-order chi connectivity index (χ0) is 15.4. The molecule has 0 amide bonds. The fraction of sp³-hybridized carbons (Fsp3) is 0.0667. The van der Waals surface area contributed by atoms with E-state index in [0.717, 1.165) is 5.56 Å². The first-order chi connectivity index (χ1) is 9.97. The molecule has 0 saturated carbocycles. The summed E-state index contributed by atoms with van der Waals surface area (Å²) in [6.07, 6.45) is 2.19. The highest BCUT2D eigenvalue weighted by Crippen LogP contribution is 2.21. The average molecular weight is 290 g/mol. The Morgan fingerprint density at radius 1 is 1.14 bits per heavy atom. The van der Waals surface area contributed by atoms with Crippen molar-refractivity contribution in [3.8, 4) is 0 Å². The Labute approximate surface area is 118 Å². The van der Waals surface area contributed by atoms with Crippen molar-refractivity contribution in [3.63, 3.8) is 0 Å². The second kappa shape index (κ2) is 6.04. The zero-order valence-electron chi connectivity index (χ0n) is 10.7. The summed E-state index contributed by atoms with van der Waals surface area (Å²) < 4.78 is 18.0. The molecular weight excluding hydrogens is 279 g/mol. The van der Waals surface area contributed by atoms with E-state index in [2.05, 4.69) is 0 Å². The number of carbonyl (C=O) groups excluding carboxylic acids is 1. The molecule has 1 heterocycles. The molecule has 108 valence electrons. The van der Waals surface area contributed by atoms with E-state index in [-0.39, 0.29) is 17.8 Å². The van der Waals surface area contributed by atoms with Crippen LogP contribution in [0.4, 0.5) is 4.39 Å². The summed E-state index contributed by atoms with van der Waals surface area (Å²) >= 11 is 0. The van der Waals surface area contributed by atoms with Crippen LogP contribution in [0.3, 0.4) is 0 Å². The van der Waals surface area contributed by atoms with E-state index >= 15 is 0 Å². The van der Waals surface area contributed by atoms with Crippen LogP contribution in [0, 0.1) is 5.82 Å². The number of hydrogen-bond donors (Lipinski definition) is 2. The van der Waals surface area contributed by atoms with E-state index in [1.54, 1.807) is 12.1 Å². The molecular formula is C15H11FO5.